The van der Waals surface area contributed by atoms with Crippen molar-refractivity contribution in [1.29, 1.82) is 0 Å². The van der Waals surface area contributed by atoms with E-state index in [0.29, 0.717) is 12.3 Å². The summed E-state index contributed by atoms with van der Waals surface area (Å²) < 4.78 is 29.7. The van der Waals surface area contributed by atoms with Gasteiger partial charge < -0.3 is 0 Å². The van der Waals surface area contributed by atoms with Crippen molar-refractivity contribution in [2.75, 3.05) is 12.4 Å². The summed E-state index contributed by atoms with van der Waals surface area (Å²) >= 11 is 5.21. The minimum atomic E-state index is -4.01. The summed E-state index contributed by atoms with van der Waals surface area (Å²) in [6.45, 7) is 0.183. The van der Waals surface area contributed by atoms with Crippen LogP contribution in [0.3, 0.4) is 0 Å². The summed E-state index contributed by atoms with van der Waals surface area (Å²) in [5.41, 5.74) is 0. The first kappa shape index (κ1) is 13.2. The summed E-state index contributed by atoms with van der Waals surface area (Å²) in [4.78, 5) is 0. The zero-order valence-electron chi connectivity index (χ0n) is 5.08. The lowest BCUT2D eigenvalue weighted by Gasteiger charge is -1.95. The molecule has 4 nitrogen and oxygen atoms in total. The Kier molecular flexibility index (Phi) is 8.42. The molecular weight excluding hydrogens is 245 g/mol. The van der Waals surface area contributed by atoms with Crippen LogP contribution in [0.5, 0.6) is 0 Å². The van der Waals surface area contributed by atoms with Crippen LogP contribution in [0.25, 0.3) is 0 Å². The largest absolute Gasteiger partial charge is 0.333 e. The van der Waals surface area contributed by atoms with Gasteiger partial charge in [-0.2, -0.15) is 13.1 Å². The van der Waals surface area contributed by atoms with E-state index in [-0.39, 0.29) is 23.5 Å². The number of hydrogen-bond donors (Lipinski definition) is 2. The molecule has 0 atom stereocenters. The van der Waals surface area contributed by atoms with Gasteiger partial charge in [0.1, 0.15) is 0 Å². The molecule has 0 aromatic heterocycles. The Hall–Kier alpha value is 0.640. The van der Waals surface area contributed by atoms with Gasteiger partial charge in [-0.25, -0.2) is 0 Å². The highest BCUT2D eigenvalue weighted by Crippen LogP contribution is 1.82. The Morgan fingerprint density at radius 3 is 2.30 bits per heavy atom. The van der Waals surface area contributed by atoms with Crippen molar-refractivity contribution in [3.8, 4) is 0 Å². The van der Waals surface area contributed by atoms with E-state index < -0.39 is 10.3 Å². The van der Waals surface area contributed by atoms with E-state index >= 15 is 0 Å². The molecule has 0 saturated carbocycles. The number of alkyl halides is 1. The third kappa shape index (κ3) is 11.4. The fourth-order valence-corrected chi connectivity index (χ4v) is 0.804. The Balaban J connectivity index is 0. The maximum Gasteiger partial charge on any atom is 0.333 e. The molecule has 0 spiro atoms. The average Bonchev–Trinajstić information content (AvgIpc) is 1.63. The van der Waals surface area contributed by atoms with Crippen molar-refractivity contribution in [2.24, 2.45) is 0 Å². The second-order valence-corrected chi connectivity index (χ2v) is 3.03. The van der Waals surface area contributed by atoms with Gasteiger partial charge in [0, 0.05) is 12.4 Å². The molecule has 0 aromatic carbocycles. The van der Waals surface area contributed by atoms with E-state index in [2.05, 4.69) is 0 Å². The fraction of sp³-hybridized carbons (Fsp3) is 1.00. The van der Waals surface area contributed by atoms with Crippen molar-refractivity contribution in [2.45, 2.75) is 6.42 Å². The lowest BCUT2D eigenvalue weighted by atomic mass is 10.5. The van der Waals surface area contributed by atoms with Gasteiger partial charge in [-0.1, -0.05) is 0 Å². The highest BCUT2D eigenvalue weighted by atomic mass is 79.9. The highest BCUT2D eigenvalue weighted by Gasteiger charge is 1.98. The molecule has 7 heteroatoms. The second kappa shape index (κ2) is 6.36. The van der Waals surface area contributed by atoms with E-state index in [1.807, 2.05) is 4.72 Å². The molecule has 0 fully saturated rings. The number of nitrogens with one attached hydrogen (secondary N) is 1. The van der Waals surface area contributed by atoms with E-state index in [1.165, 1.54) is 0 Å². The van der Waals surface area contributed by atoms with Gasteiger partial charge >= 0.3 is 10.3 Å². The SMILES string of the molecule is Br.O=S(=O)(O)NCCCCl. The van der Waals surface area contributed by atoms with Crippen LogP contribution in [0.4, 0.5) is 0 Å². The predicted octanol–water partition coefficient (Wildman–Crippen LogP) is 0.586. The van der Waals surface area contributed by atoms with E-state index in [1.54, 1.807) is 0 Å². The van der Waals surface area contributed by atoms with Gasteiger partial charge in [0.15, 0.2) is 0 Å². The molecular formula is C3H9BrClNO3S. The van der Waals surface area contributed by atoms with Crippen LogP contribution >= 0.6 is 28.6 Å². The molecule has 0 amide bonds. The van der Waals surface area contributed by atoms with Crippen LogP contribution in [-0.4, -0.2) is 25.4 Å². The lowest BCUT2D eigenvalue weighted by Crippen LogP contribution is -2.23. The third-order valence-electron chi connectivity index (χ3n) is 0.595. The summed E-state index contributed by atoms with van der Waals surface area (Å²) in [5, 5.41) is 0. The average molecular weight is 255 g/mol. The molecule has 0 aromatic rings. The molecule has 0 radical (unpaired) electrons. The smallest absolute Gasteiger partial charge is 0.273 e. The molecule has 64 valence electrons. The van der Waals surface area contributed by atoms with Crippen molar-refractivity contribution in [1.82, 2.24) is 4.72 Å². The quantitative estimate of drug-likeness (QED) is 0.438. The van der Waals surface area contributed by atoms with Crippen LogP contribution < -0.4 is 4.72 Å². The van der Waals surface area contributed by atoms with Crippen molar-refractivity contribution in [3.05, 3.63) is 0 Å². The van der Waals surface area contributed by atoms with Crippen molar-refractivity contribution in [3.63, 3.8) is 0 Å². The minimum absolute atomic E-state index is 0. The molecule has 0 aliphatic carbocycles. The molecule has 0 bridgehead atoms. The molecule has 0 aliphatic heterocycles. The minimum Gasteiger partial charge on any atom is -0.273 e. The van der Waals surface area contributed by atoms with Gasteiger partial charge in [0.05, 0.1) is 0 Å². The Bertz CT molecular complexity index is 159. The number of halogens is 2. The van der Waals surface area contributed by atoms with Gasteiger partial charge in [-0.3, -0.25) is 4.55 Å². The third-order valence-corrected chi connectivity index (χ3v) is 1.43. The van der Waals surface area contributed by atoms with Crippen LogP contribution in [0.2, 0.25) is 0 Å². The molecule has 2 N–H and O–H groups in total. The molecule has 0 saturated heterocycles. The molecule has 0 heterocycles. The van der Waals surface area contributed by atoms with Gasteiger partial charge in [-0.15, -0.1) is 28.6 Å². The Morgan fingerprint density at radius 1 is 1.50 bits per heavy atom. The summed E-state index contributed by atoms with van der Waals surface area (Å²) in [7, 11) is -4.01. The topological polar surface area (TPSA) is 66.4 Å². The number of rotatable bonds is 4. The number of hydrogen-bond acceptors (Lipinski definition) is 2. The van der Waals surface area contributed by atoms with Crippen LogP contribution in [0.15, 0.2) is 0 Å². The maximum absolute atomic E-state index is 9.91. The fourth-order valence-electron chi connectivity index (χ4n) is 0.268. The monoisotopic (exact) mass is 253 g/mol. The highest BCUT2D eigenvalue weighted by molar-refractivity contribution is 8.93. The maximum atomic E-state index is 9.91. The second-order valence-electron chi connectivity index (χ2n) is 1.41. The van der Waals surface area contributed by atoms with Gasteiger partial charge in [-0.05, 0) is 6.42 Å². The first-order valence-corrected chi connectivity index (χ1v) is 4.32. The summed E-state index contributed by atoms with van der Waals surface area (Å²) in [5.74, 6) is 0.377. The summed E-state index contributed by atoms with van der Waals surface area (Å²) in [6, 6.07) is 0. The van der Waals surface area contributed by atoms with Gasteiger partial charge in [0.25, 0.3) is 0 Å². The van der Waals surface area contributed by atoms with Crippen LogP contribution in [0, 0.1) is 0 Å². The standard InChI is InChI=1S/C3H8ClNO3S.BrH/c4-2-1-3-5-9(6,7)8;/h5H,1-3H2,(H,6,7,8);1H. The normalized spacial score (nSPS) is 10.6. The Morgan fingerprint density at radius 2 is 2.00 bits per heavy atom. The van der Waals surface area contributed by atoms with E-state index in [0.717, 1.165) is 0 Å². The zero-order valence-corrected chi connectivity index (χ0v) is 8.36. The molecule has 0 rings (SSSR count). The van der Waals surface area contributed by atoms with Gasteiger partial charge in [0.2, 0.25) is 0 Å². The van der Waals surface area contributed by atoms with Crippen molar-refractivity contribution >= 4 is 38.9 Å². The molecule has 0 unspecified atom stereocenters. The van der Waals surface area contributed by atoms with Crippen molar-refractivity contribution < 1.29 is 13.0 Å². The Labute approximate surface area is 75.6 Å². The molecule has 0 aliphatic rings. The zero-order chi connectivity index (χ0) is 7.33. The van der Waals surface area contributed by atoms with E-state index in [4.69, 9.17) is 16.2 Å². The van der Waals surface area contributed by atoms with Crippen LogP contribution in [0.1, 0.15) is 6.42 Å². The molecule has 10 heavy (non-hydrogen) atoms. The van der Waals surface area contributed by atoms with Crippen LogP contribution in [-0.2, 0) is 10.3 Å². The predicted molar refractivity (Wildman–Crippen MR) is 45.2 cm³/mol. The first-order valence-electron chi connectivity index (χ1n) is 2.34. The van der Waals surface area contributed by atoms with E-state index in [9.17, 15) is 8.42 Å². The summed E-state index contributed by atoms with van der Waals surface area (Å²) in [6.07, 6.45) is 0.515. The lowest BCUT2D eigenvalue weighted by molar-refractivity contribution is 0.467. The first-order chi connectivity index (χ1) is 4.06.